The van der Waals surface area contributed by atoms with Gasteiger partial charge in [0.15, 0.2) is 0 Å². The zero-order valence-electron chi connectivity index (χ0n) is 9.48. The number of aryl methyl sites for hydroxylation is 1. The third kappa shape index (κ3) is 1.46. The minimum Gasteiger partial charge on any atom is -0.348 e. The number of aromatic nitrogens is 1. The zero-order chi connectivity index (χ0) is 11.0. The van der Waals surface area contributed by atoms with E-state index in [9.17, 15) is 0 Å². The summed E-state index contributed by atoms with van der Waals surface area (Å²) in [7, 11) is 0. The van der Waals surface area contributed by atoms with Crippen LogP contribution in [0.15, 0.2) is 42.6 Å². The van der Waals surface area contributed by atoms with Gasteiger partial charge in [0.05, 0.1) is 6.04 Å². The van der Waals surface area contributed by atoms with E-state index in [1.54, 1.807) is 0 Å². The molecule has 3 rings (SSSR count). The van der Waals surface area contributed by atoms with E-state index in [-0.39, 0.29) is 0 Å². The maximum atomic E-state index is 3.60. The van der Waals surface area contributed by atoms with Crippen LogP contribution in [-0.2, 0) is 6.54 Å². The summed E-state index contributed by atoms with van der Waals surface area (Å²) in [6, 6.07) is 13.3. The third-order valence-electron chi connectivity index (χ3n) is 3.36. The molecule has 2 heteroatoms. The molecule has 0 aliphatic carbocycles. The van der Waals surface area contributed by atoms with E-state index in [0.29, 0.717) is 6.04 Å². The highest BCUT2D eigenvalue weighted by Gasteiger charge is 2.21. The molecular weight excluding hydrogens is 196 g/mol. The van der Waals surface area contributed by atoms with Gasteiger partial charge in [-0.2, -0.15) is 0 Å². The van der Waals surface area contributed by atoms with Crippen LogP contribution in [0, 0.1) is 6.92 Å². The molecule has 1 aromatic heterocycles. The predicted octanol–water partition coefficient (Wildman–Crippen LogP) is 2.49. The normalized spacial score (nSPS) is 19.4. The maximum Gasteiger partial charge on any atom is 0.0734 e. The fraction of sp³-hybridized carbons (Fsp3) is 0.286. The molecule has 1 N–H and O–H groups in total. The molecular formula is C14H16N2. The van der Waals surface area contributed by atoms with E-state index in [0.717, 1.165) is 13.1 Å². The molecule has 2 nitrogen and oxygen atoms in total. The Morgan fingerprint density at radius 1 is 1.19 bits per heavy atom. The van der Waals surface area contributed by atoms with Crippen molar-refractivity contribution in [2.24, 2.45) is 0 Å². The van der Waals surface area contributed by atoms with Crippen LogP contribution in [0.25, 0.3) is 0 Å². The Morgan fingerprint density at radius 2 is 2.06 bits per heavy atom. The third-order valence-corrected chi connectivity index (χ3v) is 3.36. The SMILES string of the molecule is Cc1ccccc1C1NCCn2cccc21. The van der Waals surface area contributed by atoms with Gasteiger partial charge in [0.2, 0.25) is 0 Å². The van der Waals surface area contributed by atoms with Crippen LogP contribution in [0.3, 0.4) is 0 Å². The van der Waals surface area contributed by atoms with Crippen molar-refractivity contribution in [1.29, 1.82) is 0 Å². The maximum absolute atomic E-state index is 3.60. The average Bonchev–Trinajstić information content (AvgIpc) is 2.77. The monoisotopic (exact) mass is 212 g/mol. The summed E-state index contributed by atoms with van der Waals surface area (Å²) < 4.78 is 2.34. The Labute approximate surface area is 95.9 Å². The van der Waals surface area contributed by atoms with Gasteiger partial charge in [-0.05, 0) is 30.2 Å². The minimum atomic E-state index is 0.352. The topological polar surface area (TPSA) is 17.0 Å². The molecule has 2 heterocycles. The molecule has 1 aromatic carbocycles. The van der Waals surface area contributed by atoms with Crippen molar-refractivity contribution in [3.63, 3.8) is 0 Å². The number of nitrogens with zero attached hydrogens (tertiary/aromatic N) is 1. The Bertz CT molecular complexity index is 499. The van der Waals surface area contributed by atoms with Crippen LogP contribution in [0.5, 0.6) is 0 Å². The molecule has 1 aliphatic rings. The zero-order valence-corrected chi connectivity index (χ0v) is 9.48. The number of fused-ring (bicyclic) bond motifs is 1. The summed E-state index contributed by atoms with van der Waals surface area (Å²) in [5.41, 5.74) is 4.12. The van der Waals surface area contributed by atoms with Crippen molar-refractivity contribution in [3.8, 4) is 0 Å². The lowest BCUT2D eigenvalue weighted by Crippen LogP contribution is -2.33. The highest BCUT2D eigenvalue weighted by Crippen LogP contribution is 2.27. The average molecular weight is 212 g/mol. The van der Waals surface area contributed by atoms with E-state index in [1.807, 2.05) is 0 Å². The Balaban J connectivity index is 2.08. The van der Waals surface area contributed by atoms with Crippen LogP contribution in [0.1, 0.15) is 22.9 Å². The standard InChI is InChI=1S/C14H16N2/c1-11-5-2-3-6-12(11)14-13-7-4-9-16(13)10-8-15-14/h2-7,9,14-15H,8,10H2,1H3. The van der Waals surface area contributed by atoms with E-state index in [4.69, 9.17) is 0 Å². The second kappa shape index (κ2) is 3.80. The summed E-state index contributed by atoms with van der Waals surface area (Å²) in [6.45, 7) is 4.30. The quantitative estimate of drug-likeness (QED) is 0.768. The van der Waals surface area contributed by atoms with E-state index in [1.165, 1.54) is 16.8 Å². The second-order valence-corrected chi connectivity index (χ2v) is 4.37. The first-order chi connectivity index (χ1) is 7.86. The van der Waals surface area contributed by atoms with Crippen LogP contribution in [0.4, 0.5) is 0 Å². The Kier molecular flexibility index (Phi) is 2.29. The minimum absolute atomic E-state index is 0.352. The number of benzene rings is 1. The molecule has 1 aliphatic heterocycles. The van der Waals surface area contributed by atoms with Crippen LogP contribution >= 0.6 is 0 Å². The summed E-state index contributed by atoms with van der Waals surface area (Å²) >= 11 is 0. The van der Waals surface area contributed by atoms with Gasteiger partial charge in [-0.25, -0.2) is 0 Å². The summed E-state index contributed by atoms with van der Waals surface area (Å²) in [6.07, 6.45) is 2.17. The molecule has 2 aromatic rings. The molecule has 0 bridgehead atoms. The summed E-state index contributed by atoms with van der Waals surface area (Å²) in [4.78, 5) is 0. The number of rotatable bonds is 1. The van der Waals surface area contributed by atoms with Crippen molar-refractivity contribution in [2.75, 3.05) is 6.54 Å². The van der Waals surface area contributed by atoms with Gasteiger partial charge in [-0.1, -0.05) is 24.3 Å². The van der Waals surface area contributed by atoms with Crippen molar-refractivity contribution < 1.29 is 0 Å². The van der Waals surface area contributed by atoms with E-state index in [2.05, 4.69) is 59.4 Å². The molecule has 0 spiro atoms. The fourth-order valence-corrected chi connectivity index (χ4v) is 2.51. The number of nitrogens with one attached hydrogen (secondary N) is 1. The Hall–Kier alpha value is -1.54. The van der Waals surface area contributed by atoms with Gasteiger partial charge in [0.25, 0.3) is 0 Å². The summed E-state index contributed by atoms with van der Waals surface area (Å²) in [5, 5.41) is 3.60. The van der Waals surface area contributed by atoms with E-state index >= 15 is 0 Å². The highest BCUT2D eigenvalue weighted by molar-refractivity contribution is 5.35. The molecule has 16 heavy (non-hydrogen) atoms. The first-order valence-electron chi connectivity index (χ1n) is 5.80. The molecule has 1 unspecified atom stereocenters. The number of hydrogen-bond acceptors (Lipinski definition) is 1. The fourth-order valence-electron chi connectivity index (χ4n) is 2.51. The van der Waals surface area contributed by atoms with E-state index < -0.39 is 0 Å². The molecule has 0 amide bonds. The van der Waals surface area contributed by atoms with Gasteiger partial charge in [0.1, 0.15) is 0 Å². The first kappa shape index (κ1) is 9.67. The molecule has 0 saturated heterocycles. The molecule has 1 atom stereocenters. The molecule has 0 saturated carbocycles. The van der Waals surface area contributed by atoms with Crippen LogP contribution in [-0.4, -0.2) is 11.1 Å². The summed E-state index contributed by atoms with van der Waals surface area (Å²) in [5.74, 6) is 0. The lowest BCUT2D eigenvalue weighted by atomic mass is 9.98. The lowest BCUT2D eigenvalue weighted by Gasteiger charge is -2.27. The first-order valence-corrected chi connectivity index (χ1v) is 5.80. The van der Waals surface area contributed by atoms with Crippen LogP contribution in [0.2, 0.25) is 0 Å². The largest absolute Gasteiger partial charge is 0.348 e. The van der Waals surface area contributed by atoms with Gasteiger partial charge in [-0.3, -0.25) is 0 Å². The molecule has 82 valence electrons. The predicted molar refractivity (Wildman–Crippen MR) is 65.5 cm³/mol. The van der Waals surface area contributed by atoms with Gasteiger partial charge < -0.3 is 9.88 Å². The smallest absolute Gasteiger partial charge is 0.0734 e. The van der Waals surface area contributed by atoms with Gasteiger partial charge >= 0.3 is 0 Å². The second-order valence-electron chi connectivity index (χ2n) is 4.37. The van der Waals surface area contributed by atoms with Gasteiger partial charge in [0, 0.05) is 25.0 Å². The molecule has 0 radical (unpaired) electrons. The van der Waals surface area contributed by atoms with Crippen molar-refractivity contribution in [1.82, 2.24) is 9.88 Å². The van der Waals surface area contributed by atoms with Crippen molar-refractivity contribution in [3.05, 3.63) is 59.4 Å². The Morgan fingerprint density at radius 3 is 2.94 bits per heavy atom. The molecule has 0 fully saturated rings. The van der Waals surface area contributed by atoms with Gasteiger partial charge in [-0.15, -0.1) is 0 Å². The lowest BCUT2D eigenvalue weighted by molar-refractivity contribution is 0.466. The van der Waals surface area contributed by atoms with Crippen molar-refractivity contribution >= 4 is 0 Å². The van der Waals surface area contributed by atoms with Crippen molar-refractivity contribution in [2.45, 2.75) is 19.5 Å². The highest BCUT2D eigenvalue weighted by atomic mass is 15.1. The van der Waals surface area contributed by atoms with Crippen LogP contribution < -0.4 is 5.32 Å². The number of hydrogen-bond donors (Lipinski definition) is 1.